The van der Waals surface area contributed by atoms with Crippen LogP contribution >= 0.6 is 23.1 Å². The Morgan fingerprint density at radius 1 is 1.25 bits per heavy atom. The Hall–Kier alpha value is -1.87. The molecule has 0 unspecified atom stereocenters. The SMILES string of the molecule is Nc1nc(SCCN2C(=O)CNC2=O)nc2sc3c(c12)CCCC3. The smallest absolute Gasteiger partial charge is 0.324 e. The first-order valence-corrected chi connectivity index (χ1v) is 9.72. The van der Waals surface area contributed by atoms with Crippen LogP contribution in [0.25, 0.3) is 10.2 Å². The highest BCUT2D eigenvalue weighted by atomic mass is 32.2. The third kappa shape index (κ3) is 2.71. The lowest BCUT2D eigenvalue weighted by atomic mass is 9.97. The van der Waals surface area contributed by atoms with E-state index in [1.54, 1.807) is 11.3 Å². The number of imide groups is 1. The van der Waals surface area contributed by atoms with Crippen LogP contribution in [0.15, 0.2) is 5.16 Å². The molecule has 9 heteroatoms. The molecular formula is C15H17N5O2S2. The molecule has 0 saturated carbocycles. The zero-order valence-electron chi connectivity index (χ0n) is 13.0. The number of thioether (sulfide) groups is 1. The van der Waals surface area contributed by atoms with E-state index in [4.69, 9.17) is 5.73 Å². The minimum Gasteiger partial charge on any atom is -0.383 e. The fourth-order valence-corrected chi connectivity index (χ4v) is 5.24. The Morgan fingerprint density at radius 3 is 2.88 bits per heavy atom. The van der Waals surface area contributed by atoms with Crippen LogP contribution in [0.2, 0.25) is 0 Å². The Bertz CT molecular complexity index is 819. The lowest BCUT2D eigenvalue weighted by molar-refractivity contribution is -0.124. The van der Waals surface area contributed by atoms with E-state index in [9.17, 15) is 9.59 Å². The van der Waals surface area contributed by atoms with Gasteiger partial charge in [0.2, 0.25) is 5.91 Å². The van der Waals surface area contributed by atoms with Gasteiger partial charge >= 0.3 is 6.03 Å². The van der Waals surface area contributed by atoms with Crippen LogP contribution in [0.1, 0.15) is 23.3 Å². The van der Waals surface area contributed by atoms with Crippen LogP contribution in [-0.4, -0.2) is 45.6 Å². The molecule has 3 heterocycles. The fraction of sp³-hybridized carbons (Fsp3) is 0.467. The van der Waals surface area contributed by atoms with E-state index in [1.165, 1.54) is 39.9 Å². The molecule has 0 aromatic carbocycles. The summed E-state index contributed by atoms with van der Waals surface area (Å²) in [5, 5.41) is 4.13. The van der Waals surface area contributed by atoms with Gasteiger partial charge < -0.3 is 11.1 Å². The third-order valence-electron chi connectivity index (χ3n) is 4.31. The number of nitrogens with zero attached hydrogens (tertiary/aromatic N) is 3. The number of carbonyl (C=O) groups excluding carboxylic acids is 2. The van der Waals surface area contributed by atoms with Crippen molar-refractivity contribution >= 4 is 51.1 Å². The monoisotopic (exact) mass is 363 g/mol. The zero-order chi connectivity index (χ0) is 16.7. The molecule has 126 valence electrons. The van der Waals surface area contributed by atoms with E-state index in [0.717, 1.165) is 23.1 Å². The Morgan fingerprint density at radius 2 is 2.08 bits per heavy atom. The molecule has 0 bridgehead atoms. The average Bonchev–Trinajstić information content (AvgIpc) is 3.09. The number of hydrogen-bond acceptors (Lipinski definition) is 7. The van der Waals surface area contributed by atoms with Crippen molar-refractivity contribution in [1.29, 1.82) is 0 Å². The molecule has 2 aliphatic rings. The molecule has 3 N–H and O–H groups in total. The van der Waals surface area contributed by atoms with Gasteiger partial charge in [0.25, 0.3) is 0 Å². The number of aromatic nitrogens is 2. The first-order valence-electron chi connectivity index (χ1n) is 7.92. The maximum atomic E-state index is 11.6. The van der Waals surface area contributed by atoms with Gasteiger partial charge in [-0.2, -0.15) is 0 Å². The number of nitrogens with one attached hydrogen (secondary N) is 1. The largest absolute Gasteiger partial charge is 0.383 e. The van der Waals surface area contributed by atoms with E-state index in [0.29, 0.717) is 23.3 Å². The Balaban J connectivity index is 1.51. The van der Waals surface area contributed by atoms with Crippen LogP contribution in [-0.2, 0) is 17.6 Å². The molecule has 1 aliphatic carbocycles. The summed E-state index contributed by atoms with van der Waals surface area (Å²) in [5.41, 5.74) is 7.51. The molecular weight excluding hydrogens is 346 g/mol. The van der Waals surface area contributed by atoms with Crippen molar-refractivity contribution in [3.8, 4) is 0 Å². The number of nitrogens with two attached hydrogens (primary N) is 1. The van der Waals surface area contributed by atoms with Crippen molar-refractivity contribution in [2.45, 2.75) is 30.8 Å². The fourth-order valence-electron chi connectivity index (χ4n) is 3.14. The van der Waals surface area contributed by atoms with Gasteiger partial charge in [-0.1, -0.05) is 11.8 Å². The minimum absolute atomic E-state index is 0.0830. The maximum absolute atomic E-state index is 11.6. The molecule has 2 aromatic rings. The van der Waals surface area contributed by atoms with Crippen molar-refractivity contribution < 1.29 is 9.59 Å². The summed E-state index contributed by atoms with van der Waals surface area (Å²) in [6.07, 6.45) is 4.58. The van der Waals surface area contributed by atoms with E-state index in [1.807, 2.05) is 0 Å². The molecule has 0 spiro atoms. The average molecular weight is 363 g/mol. The lowest BCUT2D eigenvalue weighted by Crippen LogP contribution is -2.32. The standard InChI is InChI=1S/C15H17N5O2S2/c16-12-11-8-3-1-2-4-9(8)24-13(11)19-14(18-12)23-6-5-20-10(21)7-17-15(20)22/h1-7H2,(H,17,22)(H2,16,18,19). The van der Waals surface area contributed by atoms with E-state index >= 15 is 0 Å². The van der Waals surface area contributed by atoms with Gasteiger partial charge in [-0.3, -0.25) is 9.69 Å². The van der Waals surface area contributed by atoms with Gasteiger partial charge in [0.1, 0.15) is 10.6 Å². The van der Waals surface area contributed by atoms with E-state index in [-0.39, 0.29) is 18.5 Å². The number of urea groups is 1. The number of nitrogen functional groups attached to an aromatic ring is 1. The molecule has 1 aliphatic heterocycles. The van der Waals surface area contributed by atoms with Crippen molar-refractivity contribution in [2.24, 2.45) is 0 Å². The summed E-state index contributed by atoms with van der Waals surface area (Å²) < 4.78 is 0. The number of rotatable bonds is 4. The Labute approximate surface area is 147 Å². The first-order chi connectivity index (χ1) is 11.6. The highest BCUT2D eigenvalue weighted by Crippen LogP contribution is 2.38. The quantitative estimate of drug-likeness (QED) is 0.488. The van der Waals surface area contributed by atoms with Gasteiger partial charge in [-0.25, -0.2) is 14.8 Å². The second-order valence-corrected chi connectivity index (χ2v) is 7.98. The molecule has 1 fully saturated rings. The topological polar surface area (TPSA) is 101 Å². The summed E-state index contributed by atoms with van der Waals surface area (Å²) in [6.45, 7) is 0.428. The van der Waals surface area contributed by atoms with Gasteiger partial charge in [-0.15, -0.1) is 11.3 Å². The van der Waals surface area contributed by atoms with Crippen LogP contribution in [0.3, 0.4) is 0 Å². The first kappa shape index (κ1) is 15.6. The van der Waals surface area contributed by atoms with Gasteiger partial charge in [-0.05, 0) is 31.2 Å². The predicted molar refractivity (Wildman–Crippen MR) is 94.3 cm³/mol. The molecule has 7 nitrogen and oxygen atoms in total. The summed E-state index contributed by atoms with van der Waals surface area (Å²) in [6, 6.07) is -0.331. The second-order valence-electron chi connectivity index (χ2n) is 5.84. The van der Waals surface area contributed by atoms with Gasteiger partial charge in [0.05, 0.1) is 11.9 Å². The molecule has 24 heavy (non-hydrogen) atoms. The summed E-state index contributed by atoms with van der Waals surface area (Å²) in [5.74, 6) is 0.897. The van der Waals surface area contributed by atoms with Crippen molar-refractivity contribution in [1.82, 2.24) is 20.2 Å². The number of carbonyl (C=O) groups is 2. The summed E-state index contributed by atoms with van der Waals surface area (Å²) in [7, 11) is 0. The maximum Gasteiger partial charge on any atom is 0.324 e. The highest BCUT2D eigenvalue weighted by Gasteiger charge is 2.28. The number of aryl methyl sites for hydroxylation is 2. The molecule has 3 amide bonds. The summed E-state index contributed by atoms with van der Waals surface area (Å²) in [4.78, 5) is 35.7. The normalized spacial score (nSPS) is 17.4. The second kappa shape index (κ2) is 6.21. The zero-order valence-corrected chi connectivity index (χ0v) is 14.6. The van der Waals surface area contributed by atoms with Crippen LogP contribution < -0.4 is 11.1 Å². The van der Waals surface area contributed by atoms with Crippen molar-refractivity contribution in [3.63, 3.8) is 0 Å². The number of fused-ring (bicyclic) bond motifs is 3. The molecule has 1 saturated heterocycles. The number of anilines is 1. The van der Waals surface area contributed by atoms with Crippen LogP contribution in [0.4, 0.5) is 10.6 Å². The van der Waals surface area contributed by atoms with Crippen LogP contribution in [0.5, 0.6) is 0 Å². The summed E-state index contributed by atoms with van der Waals surface area (Å²) >= 11 is 3.13. The Kier molecular flexibility index (Phi) is 4.05. The molecule has 0 atom stereocenters. The van der Waals surface area contributed by atoms with E-state index < -0.39 is 0 Å². The predicted octanol–water partition coefficient (Wildman–Crippen LogP) is 1.80. The molecule has 2 aromatic heterocycles. The number of thiophene rings is 1. The number of hydrogen-bond donors (Lipinski definition) is 2. The molecule has 0 radical (unpaired) electrons. The van der Waals surface area contributed by atoms with Crippen molar-refractivity contribution in [2.75, 3.05) is 24.6 Å². The number of amides is 3. The minimum atomic E-state index is -0.331. The van der Waals surface area contributed by atoms with E-state index in [2.05, 4.69) is 15.3 Å². The van der Waals surface area contributed by atoms with Crippen LogP contribution in [0, 0.1) is 0 Å². The van der Waals surface area contributed by atoms with Gasteiger partial charge in [0, 0.05) is 17.2 Å². The third-order valence-corrected chi connectivity index (χ3v) is 6.32. The van der Waals surface area contributed by atoms with Gasteiger partial charge in [0.15, 0.2) is 5.16 Å². The highest BCUT2D eigenvalue weighted by molar-refractivity contribution is 7.99. The van der Waals surface area contributed by atoms with Crippen molar-refractivity contribution in [3.05, 3.63) is 10.4 Å². The lowest BCUT2D eigenvalue weighted by Gasteiger charge is -2.12. The molecule has 4 rings (SSSR count).